The minimum atomic E-state index is -5.89. The predicted molar refractivity (Wildman–Crippen MR) is 150 cm³/mol. The van der Waals surface area contributed by atoms with Crippen LogP contribution < -0.4 is 9.44 Å². The van der Waals surface area contributed by atoms with Gasteiger partial charge in [-0.2, -0.15) is 16.8 Å². The zero-order chi connectivity index (χ0) is 32.9. The van der Waals surface area contributed by atoms with Crippen molar-refractivity contribution < 1.29 is 54.2 Å². The van der Waals surface area contributed by atoms with Crippen molar-refractivity contribution in [1.29, 1.82) is 0 Å². The van der Waals surface area contributed by atoms with Gasteiger partial charge in [0.15, 0.2) is 0 Å². The minimum absolute atomic E-state index is 0.215. The highest BCUT2D eigenvalue weighted by Crippen LogP contribution is 2.24. The van der Waals surface area contributed by atoms with Gasteiger partial charge in [-0.15, -0.1) is 16.1 Å². The highest BCUT2D eigenvalue weighted by molar-refractivity contribution is 8.05. The van der Waals surface area contributed by atoms with Gasteiger partial charge in [0, 0.05) is 12.2 Å². The lowest BCUT2D eigenvalue weighted by molar-refractivity contribution is -0.585. The van der Waals surface area contributed by atoms with E-state index in [2.05, 4.69) is 32.4 Å². The van der Waals surface area contributed by atoms with Crippen molar-refractivity contribution in [2.45, 2.75) is 27.7 Å². The number of nitrogen functional groups attached to an aromatic ring is 1. The van der Waals surface area contributed by atoms with Crippen LogP contribution in [0.15, 0.2) is 48.5 Å². The van der Waals surface area contributed by atoms with E-state index in [0.29, 0.717) is 15.7 Å². The van der Waals surface area contributed by atoms with Crippen molar-refractivity contribution in [3.05, 3.63) is 72.9 Å². The number of halogens is 5. The van der Waals surface area contributed by atoms with Crippen LogP contribution in [-0.4, -0.2) is 71.3 Å². The molecule has 0 fully saturated rings. The summed E-state index contributed by atoms with van der Waals surface area (Å²) < 4.78 is 125. The van der Waals surface area contributed by atoms with Crippen molar-refractivity contribution in [2.24, 2.45) is 0 Å². The molecular formula is C23H32F5N5O6S3. The van der Waals surface area contributed by atoms with Gasteiger partial charge in [0.05, 0.1) is 5.69 Å². The van der Waals surface area contributed by atoms with E-state index in [1.54, 1.807) is 12.1 Å². The summed E-state index contributed by atoms with van der Waals surface area (Å²) in [5, 5.41) is 0. The maximum absolute atomic E-state index is 12.6. The lowest BCUT2D eigenvalue weighted by Crippen LogP contribution is -2.31. The fourth-order valence-corrected chi connectivity index (χ4v) is 5.04. The van der Waals surface area contributed by atoms with Gasteiger partial charge in [0.1, 0.15) is 17.8 Å². The van der Waals surface area contributed by atoms with Gasteiger partial charge in [0.2, 0.25) is 6.17 Å². The van der Waals surface area contributed by atoms with Crippen LogP contribution >= 0.6 is 0 Å². The molecule has 1 aliphatic heterocycles. The van der Waals surface area contributed by atoms with Crippen LogP contribution in [0.4, 0.5) is 31.8 Å². The van der Waals surface area contributed by atoms with Crippen molar-refractivity contribution in [1.82, 2.24) is 4.90 Å². The van der Waals surface area contributed by atoms with E-state index in [0.717, 1.165) is 24.4 Å². The van der Waals surface area contributed by atoms with Gasteiger partial charge < -0.3 is 15.2 Å². The number of nitrogens with two attached hydrogens (primary N) is 1. The van der Waals surface area contributed by atoms with E-state index in [4.69, 9.17) is 5.73 Å². The SMILES string of the molecule is C=[N+]1[CH-]C=[N+](S(=O)(=O)F)[C-]1C.CCN(CC)CC.Nc1cccc(F)c1.O=S(=O)(F)N(c1cccc(F)c1)S(=O)(=O)F. The summed E-state index contributed by atoms with van der Waals surface area (Å²) in [6.45, 7) is 16.3. The van der Waals surface area contributed by atoms with Crippen LogP contribution in [0.25, 0.3) is 0 Å². The smallest absolute Gasteiger partial charge is 0.434 e. The first-order valence-electron chi connectivity index (χ1n) is 11.7. The molecule has 0 radical (unpaired) electrons. The normalized spacial score (nSPS) is 13.0. The number of rotatable bonds is 7. The highest BCUT2D eigenvalue weighted by Gasteiger charge is 2.34. The number of hydrogen-bond acceptors (Lipinski definition) is 8. The fourth-order valence-electron chi connectivity index (χ4n) is 2.84. The zero-order valence-electron chi connectivity index (χ0n) is 23.0. The van der Waals surface area contributed by atoms with E-state index < -0.39 is 46.4 Å². The van der Waals surface area contributed by atoms with E-state index in [-0.39, 0.29) is 12.0 Å². The van der Waals surface area contributed by atoms with E-state index >= 15 is 0 Å². The third-order valence-electron chi connectivity index (χ3n) is 4.96. The highest BCUT2D eigenvalue weighted by atomic mass is 32.3. The standard InChI is InChI=1S/C6H4F3NO4S2.C6H6FN.C6H15N.C5H7FN2O2S/c7-5-2-1-3-6(4-5)10(15(8,11)12)16(9,13)14;7-5-2-1-3-6(8)4-5;1-4-7(5-2)6-3;1-5-7(2)3-4-8(5)11(6,9)10/h1-4H;1-4H,8H2;4-6H2,1-3H3;3-4H,2H2,1H3. The predicted octanol–water partition coefficient (Wildman–Crippen LogP) is 3.50. The van der Waals surface area contributed by atoms with Crippen LogP contribution in [0.5, 0.6) is 0 Å². The van der Waals surface area contributed by atoms with Gasteiger partial charge in [-0.3, -0.25) is 0 Å². The Morgan fingerprint density at radius 1 is 0.857 bits per heavy atom. The van der Waals surface area contributed by atoms with Crippen molar-refractivity contribution in [2.75, 3.05) is 29.1 Å². The van der Waals surface area contributed by atoms with E-state index in [9.17, 15) is 45.7 Å². The first-order chi connectivity index (χ1) is 19.2. The molecule has 2 aromatic carbocycles. The van der Waals surface area contributed by atoms with Crippen LogP contribution in [0.1, 0.15) is 27.7 Å². The first-order valence-corrected chi connectivity index (χ1v) is 15.7. The summed E-state index contributed by atoms with van der Waals surface area (Å²) >= 11 is 0. The summed E-state index contributed by atoms with van der Waals surface area (Å²) in [6, 6.07) is 8.67. The number of nitrogens with zero attached hydrogens (tertiary/aromatic N) is 4. The Morgan fingerprint density at radius 2 is 1.31 bits per heavy atom. The number of benzene rings is 2. The Labute approximate surface area is 244 Å². The molecule has 0 aromatic heterocycles. The maximum atomic E-state index is 12.6. The van der Waals surface area contributed by atoms with E-state index in [1.807, 2.05) is 0 Å². The zero-order valence-corrected chi connectivity index (χ0v) is 25.5. The molecule has 2 N–H and O–H groups in total. The molecular weight excluding hydrogens is 633 g/mol. The third kappa shape index (κ3) is 14.0. The Morgan fingerprint density at radius 3 is 1.55 bits per heavy atom. The maximum Gasteiger partial charge on any atom is 0.536 e. The Kier molecular flexibility index (Phi) is 15.5. The molecule has 42 heavy (non-hydrogen) atoms. The summed E-state index contributed by atoms with van der Waals surface area (Å²) in [4.78, 5) is 2.38. The molecule has 11 nitrogen and oxygen atoms in total. The molecule has 238 valence electrons. The van der Waals surface area contributed by atoms with Crippen molar-refractivity contribution in [3.63, 3.8) is 0 Å². The van der Waals surface area contributed by atoms with Gasteiger partial charge in [-0.05, 0) is 63.0 Å². The minimum Gasteiger partial charge on any atom is -0.434 e. The van der Waals surface area contributed by atoms with Gasteiger partial charge in [-0.1, -0.05) is 51.3 Å². The molecule has 0 unspecified atom stereocenters. The Balaban J connectivity index is 0.000000565. The third-order valence-corrected chi connectivity index (χ3v) is 8.10. The lowest BCUT2D eigenvalue weighted by Gasteiger charge is -2.13. The molecule has 3 rings (SSSR count). The topological polar surface area (TPSA) is 141 Å². The summed E-state index contributed by atoms with van der Waals surface area (Å²) in [6.07, 6.45) is 1.31. The summed E-state index contributed by atoms with van der Waals surface area (Å²) in [5.74, 6) is -1.33. The van der Waals surface area contributed by atoms with Crippen LogP contribution in [0.3, 0.4) is 0 Å². The molecule has 0 saturated heterocycles. The van der Waals surface area contributed by atoms with Crippen LogP contribution in [0, 0.1) is 24.3 Å². The molecule has 1 aliphatic rings. The Bertz CT molecular complexity index is 1480. The molecule has 0 saturated carbocycles. The second-order valence-electron chi connectivity index (χ2n) is 7.79. The second-order valence-corrected chi connectivity index (χ2v) is 11.6. The van der Waals surface area contributed by atoms with Crippen LogP contribution in [0.2, 0.25) is 0 Å². The van der Waals surface area contributed by atoms with Gasteiger partial charge in [-0.25, -0.2) is 8.78 Å². The molecule has 0 spiro atoms. The number of hydrogen-bond donors (Lipinski definition) is 1. The molecule has 0 amide bonds. The molecule has 1 heterocycles. The molecule has 0 atom stereocenters. The quantitative estimate of drug-likeness (QED) is 0.156. The second kappa shape index (κ2) is 16.9. The van der Waals surface area contributed by atoms with Crippen LogP contribution in [-0.2, 0) is 31.2 Å². The fraction of sp³-hybridized carbons (Fsp3) is 0.304. The largest absolute Gasteiger partial charge is 0.536 e. The first kappa shape index (κ1) is 38.6. The van der Waals surface area contributed by atoms with Crippen molar-refractivity contribution in [3.8, 4) is 0 Å². The monoisotopic (exact) mass is 665 g/mol. The average Bonchev–Trinajstić information content (AvgIpc) is 3.18. The molecule has 19 heteroatoms. The molecule has 0 aliphatic carbocycles. The molecule has 0 bridgehead atoms. The van der Waals surface area contributed by atoms with Crippen molar-refractivity contribution >= 4 is 55.5 Å². The lowest BCUT2D eigenvalue weighted by atomic mass is 10.3. The van der Waals surface area contributed by atoms with Gasteiger partial charge >= 0.3 is 31.2 Å². The Hall–Kier alpha value is -3.42. The average molecular weight is 666 g/mol. The molecule has 2 aromatic rings. The van der Waals surface area contributed by atoms with E-state index in [1.165, 1.54) is 49.8 Å². The summed E-state index contributed by atoms with van der Waals surface area (Å²) in [7, 11) is -16.4. The van der Waals surface area contributed by atoms with Gasteiger partial charge in [0.25, 0.3) is 0 Å². The number of anilines is 2. The summed E-state index contributed by atoms with van der Waals surface area (Å²) in [5.41, 5.74) is 4.69.